The minimum Gasteiger partial charge on any atom is -0.370 e. The number of rotatable bonds is 5. The number of likely N-dealkylation sites (N-methyl/N-ethyl adjacent to an activating group) is 1. The maximum absolute atomic E-state index is 13.4. The van der Waals surface area contributed by atoms with Crippen LogP contribution < -0.4 is 11.1 Å². The number of hydrogen-bond acceptors (Lipinski definition) is 2. The van der Waals surface area contributed by atoms with Gasteiger partial charge >= 0.3 is 0 Å². The number of anilines is 1. The first-order valence-electron chi connectivity index (χ1n) is 6.66. The van der Waals surface area contributed by atoms with Crippen LogP contribution in [-0.4, -0.2) is 37.5 Å². The van der Waals surface area contributed by atoms with Crippen molar-refractivity contribution < 1.29 is 8.78 Å². The summed E-state index contributed by atoms with van der Waals surface area (Å²) in [5.41, 5.74) is 5.72. The van der Waals surface area contributed by atoms with Crippen LogP contribution in [0.4, 0.5) is 14.5 Å². The molecule has 0 bridgehead atoms. The Morgan fingerprint density at radius 3 is 2.67 bits per heavy atom. The highest BCUT2D eigenvalue weighted by atomic mass is 127. The van der Waals surface area contributed by atoms with Crippen LogP contribution in [-0.2, 0) is 0 Å². The molecule has 1 fully saturated rings. The summed E-state index contributed by atoms with van der Waals surface area (Å²) in [6.45, 7) is 0.549. The summed E-state index contributed by atoms with van der Waals surface area (Å²) in [6, 6.07) is 3.51. The van der Waals surface area contributed by atoms with Gasteiger partial charge < -0.3 is 16.0 Å². The monoisotopic (exact) mass is 410 g/mol. The van der Waals surface area contributed by atoms with Crippen molar-refractivity contribution >= 4 is 35.6 Å². The maximum atomic E-state index is 13.4. The van der Waals surface area contributed by atoms with Gasteiger partial charge in [-0.1, -0.05) is 0 Å². The number of nitrogens with zero attached hydrogens (tertiary/aromatic N) is 2. The van der Waals surface area contributed by atoms with E-state index in [2.05, 4.69) is 15.2 Å². The van der Waals surface area contributed by atoms with Crippen molar-refractivity contribution in [2.75, 3.05) is 26.0 Å². The first-order chi connectivity index (χ1) is 9.47. The van der Waals surface area contributed by atoms with Crippen LogP contribution in [0, 0.1) is 17.6 Å². The van der Waals surface area contributed by atoms with Crippen molar-refractivity contribution in [1.29, 1.82) is 0 Å². The van der Waals surface area contributed by atoms with E-state index in [9.17, 15) is 8.78 Å². The van der Waals surface area contributed by atoms with Crippen LogP contribution in [0.2, 0.25) is 0 Å². The molecular formula is C14H21F2IN4. The molecule has 118 valence electrons. The second kappa shape index (κ2) is 7.88. The third-order valence-corrected chi connectivity index (χ3v) is 3.47. The third kappa shape index (κ3) is 5.39. The molecule has 3 N–H and O–H groups in total. The molecular weight excluding hydrogens is 389 g/mol. The second-order valence-electron chi connectivity index (χ2n) is 5.34. The molecule has 0 saturated heterocycles. The zero-order valence-electron chi connectivity index (χ0n) is 12.1. The molecule has 1 saturated carbocycles. The van der Waals surface area contributed by atoms with Crippen LogP contribution in [0.3, 0.4) is 0 Å². The zero-order valence-corrected chi connectivity index (χ0v) is 14.5. The van der Waals surface area contributed by atoms with E-state index in [1.807, 2.05) is 14.1 Å². The highest BCUT2D eigenvalue weighted by molar-refractivity contribution is 14.0. The Morgan fingerprint density at radius 2 is 2.10 bits per heavy atom. The molecule has 0 heterocycles. The van der Waals surface area contributed by atoms with Gasteiger partial charge in [-0.3, -0.25) is 4.99 Å². The van der Waals surface area contributed by atoms with Crippen molar-refractivity contribution in [1.82, 2.24) is 4.90 Å². The molecule has 1 aliphatic carbocycles. The molecule has 1 aromatic carbocycles. The maximum Gasteiger partial charge on any atom is 0.193 e. The Hall–Kier alpha value is -0.960. The molecule has 4 nitrogen and oxygen atoms in total. The predicted molar refractivity (Wildman–Crippen MR) is 92.1 cm³/mol. The number of benzene rings is 1. The smallest absolute Gasteiger partial charge is 0.193 e. The van der Waals surface area contributed by atoms with Crippen molar-refractivity contribution in [3.8, 4) is 0 Å². The van der Waals surface area contributed by atoms with Gasteiger partial charge in [0.1, 0.15) is 11.6 Å². The van der Waals surface area contributed by atoms with E-state index in [1.54, 1.807) is 0 Å². The van der Waals surface area contributed by atoms with Gasteiger partial charge in [-0.2, -0.15) is 0 Å². The van der Waals surface area contributed by atoms with E-state index in [4.69, 9.17) is 5.73 Å². The number of guanidine groups is 1. The first-order valence-corrected chi connectivity index (χ1v) is 6.66. The third-order valence-electron chi connectivity index (χ3n) is 3.47. The van der Waals surface area contributed by atoms with Gasteiger partial charge in [0, 0.05) is 12.1 Å². The molecule has 7 heteroatoms. The van der Waals surface area contributed by atoms with Crippen LogP contribution in [0.15, 0.2) is 23.2 Å². The number of halogens is 3. The average Bonchev–Trinajstić information content (AvgIpc) is 3.18. The molecule has 0 radical (unpaired) electrons. The van der Waals surface area contributed by atoms with Gasteiger partial charge in [-0.25, -0.2) is 8.78 Å². The van der Waals surface area contributed by atoms with Crippen LogP contribution in [0.1, 0.15) is 12.8 Å². The largest absolute Gasteiger partial charge is 0.370 e. The van der Waals surface area contributed by atoms with Crippen molar-refractivity contribution in [2.45, 2.75) is 18.9 Å². The first kappa shape index (κ1) is 18.1. The van der Waals surface area contributed by atoms with Crippen molar-refractivity contribution in [2.24, 2.45) is 16.6 Å². The van der Waals surface area contributed by atoms with Gasteiger partial charge in [0.2, 0.25) is 0 Å². The summed E-state index contributed by atoms with van der Waals surface area (Å²) < 4.78 is 26.5. The lowest BCUT2D eigenvalue weighted by molar-refractivity contribution is 0.271. The fourth-order valence-electron chi connectivity index (χ4n) is 2.18. The minimum absolute atomic E-state index is 0. The molecule has 1 unspecified atom stereocenters. The average molecular weight is 410 g/mol. The molecule has 1 aromatic rings. The number of nitrogens with one attached hydrogen (secondary N) is 1. The topological polar surface area (TPSA) is 53.6 Å². The summed E-state index contributed by atoms with van der Waals surface area (Å²) in [7, 11) is 4.02. The van der Waals surface area contributed by atoms with E-state index in [-0.39, 0.29) is 35.6 Å². The Balaban J connectivity index is 0.00000220. The molecule has 0 amide bonds. The van der Waals surface area contributed by atoms with Crippen LogP contribution >= 0.6 is 24.0 Å². The molecule has 21 heavy (non-hydrogen) atoms. The quantitative estimate of drug-likeness (QED) is 0.446. The fraction of sp³-hybridized carbons (Fsp3) is 0.500. The molecule has 0 aliphatic heterocycles. The predicted octanol–water partition coefficient (Wildman–Crippen LogP) is 2.65. The summed E-state index contributed by atoms with van der Waals surface area (Å²) in [6.07, 6.45) is 2.43. The molecule has 1 aliphatic rings. The Labute approximate surface area is 140 Å². The minimum atomic E-state index is -0.559. The van der Waals surface area contributed by atoms with E-state index < -0.39 is 11.6 Å². The summed E-state index contributed by atoms with van der Waals surface area (Å²) in [5.74, 6) is -0.323. The molecule has 2 rings (SSSR count). The van der Waals surface area contributed by atoms with Gasteiger partial charge in [-0.05, 0) is 45.0 Å². The Kier molecular flexibility index (Phi) is 6.79. The van der Waals surface area contributed by atoms with Crippen molar-refractivity contribution in [3.05, 3.63) is 29.8 Å². The van der Waals surface area contributed by atoms with Crippen LogP contribution in [0.25, 0.3) is 0 Å². The van der Waals surface area contributed by atoms with E-state index in [0.717, 1.165) is 18.2 Å². The van der Waals surface area contributed by atoms with E-state index in [1.165, 1.54) is 12.8 Å². The molecule has 0 aromatic heterocycles. The van der Waals surface area contributed by atoms with Gasteiger partial charge in [0.15, 0.2) is 5.96 Å². The number of hydrogen-bond donors (Lipinski definition) is 2. The molecule has 0 spiro atoms. The zero-order chi connectivity index (χ0) is 14.7. The summed E-state index contributed by atoms with van der Waals surface area (Å²) in [5, 5.41) is 2.60. The standard InChI is InChI=1S/C14H20F2N4.HI/c1-20(2)13(9-3-4-9)8-18-14(17)19-12-7-10(15)5-6-11(12)16;/h5-7,9,13H,3-4,8H2,1-2H3,(H3,17,18,19);1H. The highest BCUT2D eigenvalue weighted by Crippen LogP contribution is 2.34. The van der Waals surface area contributed by atoms with Gasteiger partial charge in [0.25, 0.3) is 0 Å². The SMILES string of the molecule is CN(C)C(CN=C(N)Nc1cc(F)ccc1F)C1CC1.I. The summed E-state index contributed by atoms with van der Waals surface area (Å²) >= 11 is 0. The molecule has 1 atom stereocenters. The van der Waals surface area contributed by atoms with E-state index >= 15 is 0 Å². The number of nitrogens with two attached hydrogens (primary N) is 1. The fourth-order valence-corrected chi connectivity index (χ4v) is 2.18. The van der Waals surface area contributed by atoms with Crippen LogP contribution in [0.5, 0.6) is 0 Å². The highest BCUT2D eigenvalue weighted by Gasteiger charge is 2.32. The van der Waals surface area contributed by atoms with Gasteiger partial charge in [-0.15, -0.1) is 24.0 Å². The van der Waals surface area contributed by atoms with E-state index in [0.29, 0.717) is 18.5 Å². The van der Waals surface area contributed by atoms with Crippen molar-refractivity contribution in [3.63, 3.8) is 0 Å². The lowest BCUT2D eigenvalue weighted by Gasteiger charge is -2.22. The Bertz CT molecular complexity index is 502. The number of aliphatic imine (C=N–C) groups is 1. The van der Waals surface area contributed by atoms with Gasteiger partial charge in [0.05, 0.1) is 12.2 Å². The Morgan fingerprint density at radius 1 is 1.43 bits per heavy atom. The lowest BCUT2D eigenvalue weighted by Crippen LogP contribution is -2.34. The summed E-state index contributed by atoms with van der Waals surface area (Å²) in [4.78, 5) is 6.35. The normalized spacial score (nSPS) is 16.5. The lowest BCUT2D eigenvalue weighted by atomic mass is 10.2. The second-order valence-corrected chi connectivity index (χ2v) is 5.34.